The number of Topliss-reactive ketones (excluding diaryl/α,β-unsaturated/α-hetero) is 1. The summed E-state index contributed by atoms with van der Waals surface area (Å²) in [4.78, 5) is 27.0. The molecule has 0 aliphatic rings. The molecule has 2 rings (SSSR count). The molecule has 35 heavy (non-hydrogen) atoms. The van der Waals surface area contributed by atoms with Crippen molar-refractivity contribution in [2.24, 2.45) is 5.41 Å². The molecule has 0 spiro atoms. The number of benzene rings is 1. The van der Waals surface area contributed by atoms with Crippen molar-refractivity contribution in [1.29, 1.82) is 0 Å². The lowest BCUT2D eigenvalue weighted by Gasteiger charge is -2.32. The highest BCUT2D eigenvalue weighted by Gasteiger charge is 2.34. The van der Waals surface area contributed by atoms with E-state index in [0.29, 0.717) is 11.3 Å². The second kappa shape index (κ2) is 11.2. The third kappa shape index (κ3) is 7.17. The Labute approximate surface area is 214 Å². The zero-order chi connectivity index (χ0) is 26.6. The van der Waals surface area contributed by atoms with E-state index in [0.717, 1.165) is 40.0 Å². The van der Waals surface area contributed by atoms with Gasteiger partial charge in [-0.05, 0) is 49.9 Å². The van der Waals surface area contributed by atoms with Gasteiger partial charge in [-0.25, -0.2) is 8.42 Å². The molecule has 0 fully saturated rings. The summed E-state index contributed by atoms with van der Waals surface area (Å²) < 4.78 is 28.6. The van der Waals surface area contributed by atoms with E-state index in [2.05, 4.69) is 31.3 Å². The van der Waals surface area contributed by atoms with Crippen LogP contribution in [0.15, 0.2) is 24.3 Å². The highest BCUT2D eigenvalue weighted by Crippen LogP contribution is 2.44. The molecule has 0 aliphatic heterocycles. The molecule has 0 atom stereocenters. The number of thiophene rings is 1. The summed E-state index contributed by atoms with van der Waals surface area (Å²) in [5, 5.41) is 2.73. The number of carbonyl (C=O) groups excluding carboxylic acids is 2. The molecule has 0 saturated heterocycles. The van der Waals surface area contributed by atoms with E-state index < -0.39 is 15.3 Å². The number of nitrogens with one attached hydrogen (secondary N) is 1. The van der Waals surface area contributed by atoms with E-state index in [4.69, 9.17) is 4.74 Å². The molecule has 1 heterocycles. The summed E-state index contributed by atoms with van der Waals surface area (Å²) in [6.07, 6.45) is 2.85. The zero-order valence-corrected chi connectivity index (χ0v) is 23.8. The average Bonchev–Trinajstić information content (AvgIpc) is 3.14. The van der Waals surface area contributed by atoms with Crippen molar-refractivity contribution < 1.29 is 22.7 Å². The minimum absolute atomic E-state index is 0.0400. The first-order valence-corrected chi connectivity index (χ1v) is 14.9. The SMILES string of the molecule is CCC(CC)(c1ccc(OCC(=O)C(C)(C)C)c(C)c1)c1cc(C(=O)NCCS(C)(=O)=O)c(C)s1. The zero-order valence-electron chi connectivity index (χ0n) is 22.2. The van der Waals surface area contributed by atoms with Gasteiger partial charge >= 0.3 is 0 Å². The Morgan fingerprint density at radius 1 is 1.06 bits per heavy atom. The van der Waals surface area contributed by atoms with E-state index in [9.17, 15) is 18.0 Å². The minimum atomic E-state index is -3.14. The first-order chi connectivity index (χ1) is 16.1. The van der Waals surface area contributed by atoms with E-state index in [1.807, 2.05) is 46.8 Å². The molecule has 6 nitrogen and oxygen atoms in total. The van der Waals surface area contributed by atoms with Crippen molar-refractivity contribution in [3.8, 4) is 5.75 Å². The van der Waals surface area contributed by atoms with Crippen LogP contribution in [-0.2, 0) is 20.0 Å². The van der Waals surface area contributed by atoms with Gasteiger partial charge in [-0.3, -0.25) is 9.59 Å². The molecule has 1 aromatic heterocycles. The number of hydrogen-bond acceptors (Lipinski definition) is 6. The number of ketones is 1. The molecule has 0 saturated carbocycles. The summed E-state index contributed by atoms with van der Waals surface area (Å²) in [6, 6.07) is 8.05. The first-order valence-electron chi connectivity index (χ1n) is 12.0. The van der Waals surface area contributed by atoms with Crippen molar-refractivity contribution in [1.82, 2.24) is 5.32 Å². The third-order valence-electron chi connectivity index (χ3n) is 6.52. The highest BCUT2D eigenvalue weighted by molar-refractivity contribution is 7.90. The molecular formula is C27H39NO5S2. The second-order valence-electron chi connectivity index (χ2n) is 10.2. The van der Waals surface area contributed by atoms with Crippen LogP contribution in [0.5, 0.6) is 5.75 Å². The molecule has 1 N–H and O–H groups in total. The molecule has 1 aromatic carbocycles. The van der Waals surface area contributed by atoms with Crippen LogP contribution in [0.3, 0.4) is 0 Å². The van der Waals surface area contributed by atoms with Gasteiger partial charge in [-0.1, -0.05) is 46.8 Å². The summed E-state index contributed by atoms with van der Waals surface area (Å²) >= 11 is 1.60. The monoisotopic (exact) mass is 521 g/mol. The average molecular weight is 522 g/mol. The van der Waals surface area contributed by atoms with E-state index in [-0.39, 0.29) is 36.0 Å². The molecular weight excluding hydrogens is 482 g/mol. The Kier molecular flexibility index (Phi) is 9.33. The Hall–Kier alpha value is -2.19. The number of aryl methyl sites for hydroxylation is 2. The maximum Gasteiger partial charge on any atom is 0.252 e. The first kappa shape index (κ1) is 29.0. The van der Waals surface area contributed by atoms with Crippen LogP contribution in [0.1, 0.15) is 78.7 Å². The Balaban J connectivity index is 2.32. The maximum absolute atomic E-state index is 12.8. The number of amides is 1. The maximum atomic E-state index is 12.8. The number of hydrogen-bond donors (Lipinski definition) is 1. The van der Waals surface area contributed by atoms with Crippen LogP contribution in [0.2, 0.25) is 0 Å². The number of rotatable bonds is 11. The predicted molar refractivity (Wildman–Crippen MR) is 144 cm³/mol. The quantitative estimate of drug-likeness (QED) is 0.437. The summed E-state index contributed by atoms with van der Waals surface area (Å²) in [5.41, 5.74) is 1.97. The van der Waals surface area contributed by atoms with Gasteiger partial charge in [0.05, 0.1) is 11.3 Å². The standard InChI is InChI=1S/C27H39NO5S2/c1-9-27(10-2,20-11-12-22(18(3)15-20)33-17-23(29)26(5,6)7)24-16-21(19(4)34-24)25(30)28-13-14-35(8,31)32/h11-12,15-16H,9-10,13-14,17H2,1-8H3,(H,28,30). The molecule has 0 radical (unpaired) electrons. The van der Waals surface area contributed by atoms with E-state index in [1.54, 1.807) is 11.3 Å². The molecule has 2 aromatic rings. The van der Waals surface area contributed by atoms with Gasteiger partial charge < -0.3 is 10.1 Å². The molecule has 0 bridgehead atoms. The number of carbonyl (C=O) groups is 2. The van der Waals surface area contributed by atoms with Gasteiger partial charge in [0.15, 0.2) is 5.78 Å². The Morgan fingerprint density at radius 3 is 2.20 bits per heavy atom. The summed E-state index contributed by atoms with van der Waals surface area (Å²) in [5.74, 6) is 0.408. The Morgan fingerprint density at radius 2 is 1.69 bits per heavy atom. The fraction of sp³-hybridized carbons (Fsp3) is 0.556. The molecule has 0 unspecified atom stereocenters. The molecule has 0 aliphatic carbocycles. The lowest BCUT2D eigenvalue weighted by molar-refractivity contribution is -0.128. The minimum Gasteiger partial charge on any atom is -0.486 e. The topological polar surface area (TPSA) is 89.5 Å². The van der Waals surface area contributed by atoms with E-state index >= 15 is 0 Å². The van der Waals surface area contributed by atoms with Crippen molar-refractivity contribution >= 4 is 32.9 Å². The van der Waals surface area contributed by atoms with Crippen LogP contribution in [0.4, 0.5) is 0 Å². The molecule has 194 valence electrons. The fourth-order valence-electron chi connectivity index (χ4n) is 4.01. The Bertz CT molecular complexity index is 1170. The van der Waals surface area contributed by atoms with Crippen LogP contribution in [0, 0.1) is 19.3 Å². The van der Waals surface area contributed by atoms with Crippen LogP contribution in [-0.4, -0.2) is 45.3 Å². The van der Waals surface area contributed by atoms with Gasteiger partial charge in [0.1, 0.15) is 22.2 Å². The molecule has 8 heteroatoms. The number of ether oxygens (including phenoxy) is 1. The van der Waals surface area contributed by atoms with Gasteiger partial charge in [0, 0.05) is 33.4 Å². The lowest BCUT2D eigenvalue weighted by Crippen LogP contribution is -2.29. The highest BCUT2D eigenvalue weighted by atomic mass is 32.2. The smallest absolute Gasteiger partial charge is 0.252 e. The predicted octanol–water partition coefficient (Wildman–Crippen LogP) is 5.24. The number of sulfone groups is 1. The van der Waals surface area contributed by atoms with Gasteiger partial charge in [-0.2, -0.15) is 0 Å². The largest absolute Gasteiger partial charge is 0.486 e. The molecule has 1 amide bonds. The van der Waals surface area contributed by atoms with Gasteiger partial charge in [0.25, 0.3) is 5.91 Å². The van der Waals surface area contributed by atoms with Crippen molar-refractivity contribution in [3.63, 3.8) is 0 Å². The van der Waals surface area contributed by atoms with Crippen LogP contribution >= 0.6 is 11.3 Å². The van der Waals surface area contributed by atoms with E-state index in [1.165, 1.54) is 0 Å². The third-order valence-corrected chi connectivity index (χ3v) is 8.72. The van der Waals surface area contributed by atoms with Crippen molar-refractivity contribution in [2.45, 2.75) is 66.7 Å². The normalized spacial score (nSPS) is 12.5. The summed E-state index contributed by atoms with van der Waals surface area (Å²) in [6.45, 7) is 14.0. The van der Waals surface area contributed by atoms with Gasteiger partial charge in [0.2, 0.25) is 0 Å². The summed E-state index contributed by atoms with van der Waals surface area (Å²) in [7, 11) is -3.14. The van der Waals surface area contributed by atoms with Crippen molar-refractivity contribution in [3.05, 3.63) is 50.7 Å². The second-order valence-corrected chi connectivity index (χ2v) is 13.7. The van der Waals surface area contributed by atoms with Crippen LogP contribution in [0.25, 0.3) is 0 Å². The fourth-order valence-corrected chi connectivity index (χ4v) is 5.85. The lowest BCUT2D eigenvalue weighted by atomic mass is 9.74. The van der Waals surface area contributed by atoms with Crippen LogP contribution < -0.4 is 10.1 Å². The van der Waals surface area contributed by atoms with Gasteiger partial charge in [-0.15, -0.1) is 11.3 Å². The van der Waals surface area contributed by atoms with Crippen molar-refractivity contribution in [2.75, 3.05) is 25.2 Å².